The number of aryl methyl sites for hydroxylation is 1. The summed E-state index contributed by atoms with van der Waals surface area (Å²) in [6.07, 6.45) is 1.80. The zero-order valence-electron chi connectivity index (χ0n) is 12.7. The van der Waals surface area contributed by atoms with Crippen LogP contribution in [0.25, 0.3) is 0 Å². The van der Waals surface area contributed by atoms with Crippen LogP contribution in [0.1, 0.15) is 25.5 Å². The lowest BCUT2D eigenvalue weighted by Gasteiger charge is -2.31. The van der Waals surface area contributed by atoms with Crippen molar-refractivity contribution in [1.29, 1.82) is 0 Å². The first kappa shape index (κ1) is 16.2. The van der Waals surface area contributed by atoms with Crippen LogP contribution in [0, 0.1) is 12.8 Å². The van der Waals surface area contributed by atoms with E-state index in [1.165, 1.54) is 4.31 Å². The fourth-order valence-electron chi connectivity index (χ4n) is 2.50. The molecule has 0 radical (unpaired) electrons. The summed E-state index contributed by atoms with van der Waals surface area (Å²) in [6, 6.07) is 5.30. The molecule has 1 aliphatic heterocycles. The molecule has 0 unspecified atom stereocenters. The molecule has 1 fully saturated rings. The molecular weight excluding hydrogens is 288 g/mol. The Labute approximate surface area is 127 Å². The lowest BCUT2D eigenvalue weighted by Crippen LogP contribution is -2.43. The summed E-state index contributed by atoms with van der Waals surface area (Å²) < 4.78 is 28.8. The molecule has 6 nitrogen and oxygen atoms in total. The Morgan fingerprint density at radius 1 is 1.33 bits per heavy atom. The molecule has 0 spiro atoms. The molecule has 0 bridgehead atoms. The van der Waals surface area contributed by atoms with Gasteiger partial charge in [-0.15, -0.1) is 0 Å². The summed E-state index contributed by atoms with van der Waals surface area (Å²) in [4.78, 5) is 4.18. The zero-order valence-corrected chi connectivity index (χ0v) is 13.5. The Balaban J connectivity index is 1.92. The summed E-state index contributed by atoms with van der Waals surface area (Å²) in [5.74, 6) is 0.943. The quantitative estimate of drug-likeness (QED) is 0.832. The van der Waals surface area contributed by atoms with Gasteiger partial charge in [0.25, 0.3) is 0 Å². The van der Waals surface area contributed by atoms with E-state index in [1.807, 2.05) is 13.0 Å². The zero-order chi connectivity index (χ0) is 15.3. The van der Waals surface area contributed by atoms with Gasteiger partial charge in [-0.05, 0) is 50.9 Å². The van der Waals surface area contributed by atoms with Crippen LogP contribution in [0.2, 0.25) is 0 Å². The third kappa shape index (κ3) is 4.66. The predicted octanol–water partition coefficient (Wildman–Crippen LogP) is 1.37. The van der Waals surface area contributed by atoms with Crippen molar-refractivity contribution in [3.05, 3.63) is 23.9 Å². The Bertz CT molecular complexity index is 554. The number of piperidine rings is 1. The predicted molar refractivity (Wildman–Crippen MR) is 84.4 cm³/mol. The molecule has 0 atom stereocenters. The molecule has 7 heteroatoms. The monoisotopic (exact) mass is 312 g/mol. The number of hydrogen-bond acceptors (Lipinski definition) is 4. The molecule has 118 valence electrons. The van der Waals surface area contributed by atoms with Crippen molar-refractivity contribution in [2.24, 2.45) is 5.92 Å². The summed E-state index contributed by atoms with van der Waals surface area (Å²) in [6.45, 7) is 6.98. The van der Waals surface area contributed by atoms with E-state index in [-0.39, 0.29) is 0 Å². The summed E-state index contributed by atoms with van der Waals surface area (Å²) >= 11 is 0. The molecule has 1 aromatic rings. The highest BCUT2D eigenvalue weighted by molar-refractivity contribution is 7.90. The topological polar surface area (TPSA) is 74.3 Å². The summed E-state index contributed by atoms with van der Waals surface area (Å²) in [7, 11) is -3.50. The van der Waals surface area contributed by atoms with Gasteiger partial charge in [0.05, 0.1) is 0 Å². The Morgan fingerprint density at radius 3 is 2.67 bits per heavy atom. The molecule has 2 heterocycles. The fourth-order valence-corrected chi connectivity index (χ4v) is 3.70. The maximum atomic E-state index is 12.3. The first-order chi connectivity index (χ1) is 10.0. The van der Waals surface area contributed by atoms with Gasteiger partial charge in [-0.25, -0.2) is 4.98 Å². The molecular formula is C14H24N4O2S. The first-order valence-electron chi connectivity index (χ1n) is 7.43. The molecule has 2 rings (SSSR count). The Hall–Kier alpha value is -1.18. The second-order valence-corrected chi connectivity index (χ2v) is 7.09. The van der Waals surface area contributed by atoms with E-state index in [0.717, 1.165) is 31.6 Å². The SMILES string of the molecule is CCNCC1CCN(S(=O)(=O)Nc2cccc(C)n2)CC1. The molecule has 1 aliphatic rings. The van der Waals surface area contributed by atoms with Crippen LogP contribution in [0.3, 0.4) is 0 Å². The van der Waals surface area contributed by atoms with Gasteiger partial charge in [0.1, 0.15) is 5.82 Å². The van der Waals surface area contributed by atoms with Crippen LogP contribution in [0.5, 0.6) is 0 Å². The summed E-state index contributed by atoms with van der Waals surface area (Å²) in [5.41, 5.74) is 0.791. The van der Waals surface area contributed by atoms with Crippen LogP contribution in [0.15, 0.2) is 18.2 Å². The highest BCUT2D eigenvalue weighted by Crippen LogP contribution is 2.20. The lowest BCUT2D eigenvalue weighted by molar-refractivity contribution is 0.269. The molecule has 1 aromatic heterocycles. The van der Waals surface area contributed by atoms with Crippen LogP contribution in [-0.2, 0) is 10.2 Å². The molecule has 21 heavy (non-hydrogen) atoms. The van der Waals surface area contributed by atoms with Crippen LogP contribution in [-0.4, -0.2) is 43.9 Å². The van der Waals surface area contributed by atoms with Gasteiger partial charge in [-0.2, -0.15) is 12.7 Å². The molecule has 1 saturated heterocycles. The number of pyridine rings is 1. The number of nitrogens with zero attached hydrogens (tertiary/aromatic N) is 2. The van der Waals surface area contributed by atoms with Gasteiger partial charge in [0, 0.05) is 18.8 Å². The molecule has 0 amide bonds. The highest BCUT2D eigenvalue weighted by atomic mass is 32.2. The van der Waals surface area contributed by atoms with E-state index in [0.29, 0.717) is 24.8 Å². The van der Waals surface area contributed by atoms with Crippen LogP contribution < -0.4 is 10.0 Å². The van der Waals surface area contributed by atoms with Gasteiger partial charge >= 0.3 is 10.2 Å². The molecule has 0 aliphatic carbocycles. The van der Waals surface area contributed by atoms with E-state index in [1.54, 1.807) is 12.1 Å². The van der Waals surface area contributed by atoms with Crippen LogP contribution in [0.4, 0.5) is 5.82 Å². The third-order valence-corrected chi connectivity index (χ3v) is 5.23. The number of aromatic nitrogens is 1. The largest absolute Gasteiger partial charge is 0.317 e. The highest BCUT2D eigenvalue weighted by Gasteiger charge is 2.27. The lowest BCUT2D eigenvalue weighted by atomic mass is 9.98. The van der Waals surface area contributed by atoms with Crippen molar-refractivity contribution >= 4 is 16.0 Å². The van der Waals surface area contributed by atoms with Gasteiger partial charge < -0.3 is 5.32 Å². The van der Waals surface area contributed by atoms with Crippen molar-refractivity contribution in [2.45, 2.75) is 26.7 Å². The average Bonchev–Trinajstić information content (AvgIpc) is 2.45. The minimum Gasteiger partial charge on any atom is -0.317 e. The van der Waals surface area contributed by atoms with Gasteiger partial charge in [-0.3, -0.25) is 4.72 Å². The minimum atomic E-state index is -3.50. The van der Waals surface area contributed by atoms with E-state index < -0.39 is 10.2 Å². The van der Waals surface area contributed by atoms with Crippen molar-refractivity contribution in [1.82, 2.24) is 14.6 Å². The second-order valence-electron chi connectivity index (χ2n) is 5.42. The third-order valence-electron chi connectivity index (χ3n) is 3.72. The molecule has 0 aromatic carbocycles. The van der Waals surface area contributed by atoms with Gasteiger partial charge in [0.15, 0.2) is 0 Å². The van der Waals surface area contributed by atoms with Crippen molar-refractivity contribution in [3.8, 4) is 0 Å². The van der Waals surface area contributed by atoms with E-state index in [2.05, 4.69) is 21.9 Å². The number of hydrogen-bond donors (Lipinski definition) is 2. The van der Waals surface area contributed by atoms with Gasteiger partial charge in [0.2, 0.25) is 0 Å². The molecule has 0 saturated carbocycles. The van der Waals surface area contributed by atoms with E-state index >= 15 is 0 Å². The maximum absolute atomic E-state index is 12.3. The second kappa shape index (κ2) is 7.20. The Kier molecular flexibility index (Phi) is 5.55. The number of rotatable bonds is 6. The van der Waals surface area contributed by atoms with E-state index in [9.17, 15) is 8.42 Å². The van der Waals surface area contributed by atoms with Crippen LogP contribution >= 0.6 is 0 Å². The summed E-state index contributed by atoms with van der Waals surface area (Å²) in [5, 5.41) is 3.32. The van der Waals surface area contributed by atoms with Crippen molar-refractivity contribution in [2.75, 3.05) is 30.9 Å². The fraction of sp³-hybridized carbons (Fsp3) is 0.643. The maximum Gasteiger partial charge on any atom is 0.302 e. The smallest absolute Gasteiger partial charge is 0.302 e. The van der Waals surface area contributed by atoms with Crippen molar-refractivity contribution < 1.29 is 8.42 Å². The standard InChI is InChI=1S/C14H24N4O2S/c1-3-15-11-13-7-9-18(10-8-13)21(19,20)17-14-6-4-5-12(2)16-14/h4-6,13,15H,3,7-11H2,1-2H3,(H,16,17). The number of nitrogens with one attached hydrogen (secondary N) is 2. The van der Waals surface area contributed by atoms with Crippen molar-refractivity contribution in [3.63, 3.8) is 0 Å². The number of anilines is 1. The molecule has 2 N–H and O–H groups in total. The minimum absolute atomic E-state index is 0.379. The Morgan fingerprint density at radius 2 is 2.05 bits per heavy atom. The van der Waals surface area contributed by atoms with E-state index in [4.69, 9.17) is 0 Å². The average molecular weight is 312 g/mol. The first-order valence-corrected chi connectivity index (χ1v) is 8.87. The normalized spacial score (nSPS) is 17.8. The van der Waals surface area contributed by atoms with Gasteiger partial charge in [-0.1, -0.05) is 13.0 Å².